The molecule has 148 valence electrons. The molecule has 2 heterocycles. The molecule has 0 spiro atoms. The number of likely N-dealkylation sites (tertiary alicyclic amines) is 1. The number of aromatic nitrogens is 2. The molecule has 0 radical (unpaired) electrons. The lowest BCUT2D eigenvalue weighted by molar-refractivity contribution is 0.340. The summed E-state index contributed by atoms with van der Waals surface area (Å²) in [6.45, 7) is 3.29. The van der Waals surface area contributed by atoms with E-state index in [9.17, 15) is 12.8 Å². The Morgan fingerprint density at radius 1 is 1.11 bits per heavy atom. The van der Waals surface area contributed by atoms with Gasteiger partial charge in [-0.3, -0.25) is 4.72 Å². The van der Waals surface area contributed by atoms with E-state index in [4.69, 9.17) is 4.98 Å². The number of fused-ring (bicyclic) bond motifs is 1. The van der Waals surface area contributed by atoms with E-state index in [0.717, 1.165) is 55.0 Å². The Labute approximate surface area is 164 Å². The van der Waals surface area contributed by atoms with Crippen molar-refractivity contribution >= 4 is 26.7 Å². The Morgan fingerprint density at radius 2 is 1.82 bits per heavy atom. The Hall–Kier alpha value is -2.45. The molecular formula is C20H23FN4O2S. The first-order chi connectivity index (χ1) is 13.4. The maximum atomic E-state index is 13.0. The molecule has 1 aromatic heterocycles. The third-order valence-electron chi connectivity index (χ3n) is 5.20. The summed E-state index contributed by atoms with van der Waals surface area (Å²) < 4.78 is 42.7. The summed E-state index contributed by atoms with van der Waals surface area (Å²) in [5.74, 6) is 0.510. The molecule has 1 N–H and O–H groups in total. The number of nitrogens with one attached hydrogen (secondary N) is 1. The Kier molecular flexibility index (Phi) is 5.07. The van der Waals surface area contributed by atoms with E-state index in [0.29, 0.717) is 5.69 Å². The second-order valence-electron chi connectivity index (χ2n) is 7.15. The molecule has 0 atom stereocenters. The number of hydrogen-bond donors (Lipinski definition) is 1. The fourth-order valence-electron chi connectivity index (χ4n) is 3.63. The molecule has 0 saturated carbocycles. The number of nitrogens with zero attached hydrogens (tertiary/aromatic N) is 3. The monoisotopic (exact) mass is 402 g/mol. The average molecular weight is 402 g/mol. The van der Waals surface area contributed by atoms with Crippen molar-refractivity contribution in [2.24, 2.45) is 7.05 Å². The minimum absolute atomic E-state index is 0.0151. The van der Waals surface area contributed by atoms with Gasteiger partial charge in [0.1, 0.15) is 11.6 Å². The van der Waals surface area contributed by atoms with Gasteiger partial charge in [-0.2, -0.15) is 0 Å². The van der Waals surface area contributed by atoms with Crippen molar-refractivity contribution in [2.75, 3.05) is 24.4 Å². The molecule has 0 amide bonds. The molecule has 6 nitrogen and oxygen atoms in total. The SMILES string of the molecule is Cn1c(CCN2CCCC2)nc2cc(NS(=O)(=O)c3ccc(F)cc3)ccc21. The van der Waals surface area contributed by atoms with Crippen LogP contribution in [0.4, 0.5) is 10.1 Å². The molecule has 3 aromatic rings. The van der Waals surface area contributed by atoms with E-state index in [2.05, 4.69) is 14.2 Å². The Bertz CT molecular complexity index is 1090. The zero-order chi connectivity index (χ0) is 19.7. The van der Waals surface area contributed by atoms with Crippen LogP contribution in [0.2, 0.25) is 0 Å². The van der Waals surface area contributed by atoms with Gasteiger partial charge in [0.15, 0.2) is 0 Å². The number of halogens is 1. The first-order valence-corrected chi connectivity index (χ1v) is 10.9. The van der Waals surface area contributed by atoms with Gasteiger partial charge in [0.05, 0.1) is 21.6 Å². The summed E-state index contributed by atoms with van der Waals surface area (Å²) >= 11 is 0. The highest BCUT2D eigenvalue weighted by Gasteiger charge is 2.17. The quantitative estimate of drug-likeness (QED) is 0.688. The molecule has 1 saturated heterocycles. The lowest BCUT2D eigenvalue weighted by Gasteiger charge is -2.13. The third kappa shape index (κ3) is 3.88. The molecule has 0 unspecified atom stereocenters. The molecule has 4 rings (SSSR count). The molecule has 2 aromatic carbocycles. The molecule has 1 aliphatic rings. The highest BCUT2D eigenvalue weighted by atomic mass is 32.2. The van der Waals surface area contributed by atoms with Crippen molar-refractivity contribution in [1.82, 2.24) is 14.5 Å². The van der Waals surface area contributed by atoms with Gasteiger partial charge in [-0.05, 0) is 68.4 Å². The number of hydrogen-bond acceptors (Lipinski definition) is 4. The van der Waals surface area contributed by atoms with Crippen LogP contribution in [0.3, 0.4) is 0 Å². The summed E-state index contributed by atoms with van der Waals surface area (Å²) in [5.41, 5.74) is 2.14. The maximum absolute atomic E-state index is 13.0. The van der Waals surface area contributed by atoms with E-state index in [1.54, 1.807) is 12.1 Å². The normalized spacial score (nSPS) is 15.4. The molecule has 1 aliphatic heterocycles. The van der Waals surface area contributed by atoms with Gasteiger partial charge < -0.3 is 9.47 Å². The molecule has 0 bridgehead atoms. The van der Waals surface area contributed by atoms with Crippen LogP contribution in [0, 0.1) is 5.82 Å². The topological polar surface area (TPSA) is 67.2 Å². The number of benzene rings is 2. The van der Waals surface area contributed by atoms with E-state index in [1.807, 2.05) is 13.1 Å². The van der Waals surface area contributed by atoms with Gasteiger partial charge in [0.2, 0.25) is 0 Å². The molecular weight excluding hydrogens is 379 g/mol. The lowest BCUT2D eigenvalue weighted by Crippen LogP contribution is -2.22. The van der Waals surface area contributed by atoms with Crippen LogP contribution in [-0.2, 0) is 23.5 Å². The summed E-state index contributed by atoms with van der Waals surface area (Å²) in [5, 5.41) is 0. The second-order valence-corrected chi connectivity index (χ2v) is 8.83. The maximum Gasteiger partial charge on any atom is 0.261 e. The van der Waals surface area contributed by atoms with Gasteiger partial charge in [-0.15, -0.1) is 0 Å². The van der Waals surface area contributed by atoms with E-state index in [1.165, 1.54) is 25.0 Å². The number of anilines is 1. The first-order valence-electron chi connectivity index (χ1n) is 9.38. The smallest absolute Gasteiger partial charge is 0.261 e. The van der Waals surface area contributed by atoms with Crippen LogP contribution in [-0.4, -0.2) is 42.5 Å². The van der Waals surface area contributed by atoms with Gasteiger partial charge in [0, 0.05) is 20.0 Å². The molecule has 8 heteroatoms. The minimum atomic E-state index is -3.78. The zero-order valence-corrected chi connectivity index (χ0v) is 16.5. The lowest BCUT2D eigenvalue weighted by atomic mass is 10.3. The molecule has 28 heavy (non-hydrogen) atoms. The number of imidazole rings is 1. The largest absolute Gasteiger partial charge is 0.331 e. The fourth-order valence-corrected chi connectivity index (χ4v) is 4.68. The summed E-state index contributed by atoms with van der Waals surface area (Å²) in [4.78, 5) is 7.16. The van der Waals surface area contributed by atoms with Crippen molar-refractivity contribution in [1.29, 1.82) is 0 Å². The summed E-state index contributed by atoms with van der Waals surface area (Å²) in [6.07, 6.45) is 3.39. The van der Waals surface area contributed by atoms with E-state index < -0.39 is 15.8 Å². The van der Waals surface area contributed by atoms with E-state index >= 15 is 0 Å². The van der Waals surface area contributed by atoms with Crippen LogP contribution in [0.15, 0.2) is 47.4 Å². The van der Waals surface area contributed by atoms with Gasteiger partial charge >= 0.3 is 0 Å². The highest BCUT2D eigenvalue weighted by molar-refractivity contribution is 7.92. The van der Waals surface area contributed by atoms with Crippen molar-refractivity contribution in [3.8, 4) is 0 Å². The highest BCUT2D eigenvalue weighted by Crippen LogP contribution is 2.23. The Morgan fingerprint density at radius 3 is 2.54 bits per heavy atom. The van der Waals surface area contributed by atoms with Gasteiger partial charge in [-0.25, -0.2) is 17.8 Å². The van der Waals surface area contributed by atoms with Crippen LogP contribution >= 0.6 is 0 Å². The van der Waals surface area contributed by atoms with Crippen LogP contribution in [0.25, 0.3) is 11.0 Å². The third-order valence-corrected chi connectivity index (χ3v) is 6.60. The second kappa shape index (κ2) is 7.52. The summed E-state index contributed by atoms with van der Waals surface area (Å²) in [6, 6.07) is 10.1. The van der Waals surface area contributed by atoms with Crippen LogP contribution < -0.4 is 4.72 Å². The van der Waals surface area contributed by atoms with Gasteiger partial charge in [-0.1, -0.05) is 0 Å². The zero-order valence-electron chi connectivity index (χ0n) is 15.7. The number of rotatable bonds is 6. The van der Waals surface area contributed by atoms with Crippen LogP contribution in [0.5, 0.6) is 0 Å². The summed E-state index contributed by atoms with van der Waals surface area (Å²) in [7, 11) is -1.80. The van der Waals surface area contributed by atoms with Crippen molar-refractivity contribution in [3.63, 3.8) is 0 Å². The number of aryl methyl sites for hydroxylation is 1. The Balaban J connectivity index is 1.54. The molecule has 1 fully saturated rings. The first kappa shape index (κ1) is 18.9. The van der Waals surface area contributed by atoms with Gasteiger partial charge in [0.25, 0.3) is 10.0 Å². The predicted octanol–water partition coefficient (Wildman–Crippen LogP) is 3.15. The van der Waals surface area contributed by atoms with Crippen molar-refractivity contribution < 1.29 is 12.8 Å². The fraction of sp³-hybridized carbons (Fsp3) is 0.350. The average Bonchev–Trinajstić information content (AvgIpc) is 3.28. The van der Waals surface area contributed by atoms with E-state index in [-0.39, 0.29) is 4.90 Å². The van der Waals surface area contributed by atoms with Crippen LogP contribution in [0.1, 0.15) is 18.7 Å². The van der Waals surface area contributed by atoms with Crippen molar-refractivity contribution in [3.05, 3.63) is 54.1 Å². The number of sulfonamides is 1. The standard InChI is InChI=1S/C20H23FN4O2S/c1-24-19-9-6-16(23-28(26,27)17-7-4-15(21)5-8-17)14-18(19)22-20(24)10-13-25-11-2-3-12-25/h4-9,14,23H,2-3,10-13H2,1H3. The minimum Gasteiger partial charge on any atom is -0.331 e. The van der Waals surface area contributed by atoms with Crippen molar-refractivity contribution in [2.45, 2.75) is 24.2 Å². The predicted molar refractivity (Wildman–Crippen MR) is 107 cm³/mol. The molecule has 0 aliphatic carbocycles.